The molecule has 58 valence electrons. The highest BCUT2D eigenvalue weighted by atomic mass is 79.9. The van der Waals surface area contributed by atoms with Gasteiger partial charge in [0.15, 0.2) is 0 Å². The van der Waals surface area contributed by atoms with Gasteiger partial charge in [-0.2, -0.15) is 0 Å². The molecule has 0 heterocycles. The van der Waals surface area contributed by atoms with Crippen LogP contribution < -0.4 is 0 Å². The van der Waals surface area contributed by atoms with E-state index in [0.717, 1.165) is 0 Å². The van der Waals surface area contributed by atoms with E-state index in [9.17, 15) is 0 Å². The van der Waals surface area contributed by atoms with Crippen LogP contribution in [0, 0.1) is 0 Å². The van der Waals surface area contributed by atoms with E-state index in [2.05, 4.69) is 34.7 Å². The van der Waals surface area contributed by atoms with Crippen LogP contribution in [-0.4, -0.2) is 29.9 Å². The molecule has 0 radical (unpaired) electrons. The molecule has 0 aromatic carbocycles. The molecule has 0 saturated carbocycles. The second-order valence-electron chi connectivity index (χ2n) is 3.19. The van der Waals surface area contributed by atoms with Crippen LogP contribution in [-0.2, 0) is 0 Å². The van der Waals surface area contributed by atoms with Gasteiger partial charge in [-0.1, -0.05) is 15.9 Å². The molecule has 0 aliphatic heterocycles. The summed E-state index contributed by atoms with van der Waals surface area (Å²) in [5, 5.41) is 1.17. The van der Waals surface area contributed by atoms with Crippen molar-refractivity contribution in [3.8, 4) is 0 Å². The summed E-state index contributed by atoms with van der Waals surface area (Å²) in [6.45, 7) is 0. The molecule has 0 amide bonds. The zero-order chi connectivity index (χ0) is 7.33. The second kappa shape index (κ2) is 4.62. The van der Waals surface area contributed by atoms with Crippen LogP contribution in [0.1, 0.15) is 12.8 Å². The lowest BCUT2D eigenvalue weighted by Gasteiger charge is -2.24. The molecular weight excluding hydrogens is 196 g/mol. The summed E-state index contributed by atoms with van der Waals surface area (Å²) in [6, 6.07) is 0. The van der Waals surface area contributed by atoms with Crippen molar-refractivity contribution in [1.82, 2.24) is 0 Å². The van der Waals surface area contributed by atoms with Crippen molar-refractivity contribution in [1.29, 1.82) is 0 Å². The molecule has 0 atom stereocenters. The molecule has 0 nitrogen and oxygen atoms in total. The number of hydrogen-bond donors (Lipinski definition) is 0. The third-order valence-corrected chi connectivity index (χ3v) is 3.21. The Morgan fingerprint density at radius 3 is 2.00 bits per heavy atom. The van der Waals surface area contributed by atoms with Gasteiger partial charge >= 0.3 is 0 Å². The lowest BCUT2D eigenvalue weighted by molar-refractivity contribution is 0.909. The molecule has 2 heteroatoms. The van der Waals surface area contributed by atoms with Gasteiger partial charge in [0, 0.05) is 5.33 Å². The first kappa shape index (κ1) is 9.83. The van der Waals surface area contributed by atoms with Gasteiger partial charge < -0.3 is 0 Å². The highest BCUT2D eigenvalue weighted by Gasteiger charge is 2.01. The summed E-state index contributed by atoms with van der Waals surface area (Å²) in [4.78, 5) is 0. The van der Waals surface area contributed by atoms with Crippen LogP contribution >= 0.6 is 26.0 Å². The van der Waals surface area contributed by atoms with Gasteiger partial charge in [-0.25, -0.2) is 10.0 Å². The minimum Gasteiger partial charge on any atom is -0.250 e. The highest BCUT2D eigenvalue weighted by Crippen LogP contribution is 2.35. The fraction of sp³-hybridized carbons (Fsp3) is 1.00. The van der Waals surface area contributed by atoms with Crippen molar-refractivity contribution in [2.24, 2.45) is 0 Å². The lowest BCUT2D eigenvalue weighted by Crippen LogP contribution is -1.98. The second-order valence-corrected chi connectivity index (χ2v) is 8.57. The minimum atomic E-state index is -0.217. The number of alkyl halides is 1. The molecule has 0 N–H and O–H groups in total. The first-order valence-electron chi connectivity index (χ1n) is 3.28. The van der Waals surface area contributed by atoms with E-state index < -0.39 is 0 Å². The third-order valence-electron chi connectivity index (χ3n) is 1.14. The normalized spacial score (nSPS) is 13.8. The molecule has 0 fully saturated rings. The van der Waals surface area contributed by atoms with Gasteiger partial charge in [-0.15, -0.1) is 0 Å². The van der Waals surface area contributed by atoms with E-state index in [-0.39, 0.29) is 10.0 Å². The number of rotatable bonds is 4. The molecule has 0 aliphatic carbocycles. The zero-order valence-corrected chi connectivity index (χ0v) is 9.02. The number of unbranched alkanes of at least 4 members (excludes halogenated alkanes) is 1. The first-order valence-corrected chi connectivity index (χ1v) is 7.43. The van der Waals surface area contributed by atoms with E-state index in [1.807, 2.05) is 0 Å². The lowest BCUT2D eigenvalue weighted by atomic mass is 10.4. The van der Waals surface area contributed by atoms with Gasteiger partial charge in [0.25, 0.3) is 0 Å². The Morgan fingerprint density at radius 2 is 1.67 bits per heavy atom. The predicted molar refractivity (Wildman–Crippen MR) is 53.3 cm³/mol. The molecule has 0 unspecified atom stereocenters. The molecule has 0 aliphatic rings. The quantitative estimate of drug-likeness (QED) is 0.497. The van der Waals surface area contributed by atoms with Crippen molar-refractivity contribution in [3.05, 3.63) is 0 Å². The van der Waals surface area contributed by atoms with Crippen molar-refractivity contribution >= 4 is 26.0 Å². The predicted octanol–water partition coefficient (Wildman–Crippen LogP) is 2.86. The summed E-state index contributed by atoms with van der Waals surface area (Å²) in [5.41, 5.74) is 0. The topological polar surface area (TPSA) is 0 Å². The van der Waals surface area contributed by atoms with Gasteiger partial charge in [0.1, 0.15) is 0 Å². The van der Waals surface area contributed by atoms with E-state index in [0.29, 0.717) is 0 Å². The van der Waals surface area contributed by atoms with Gasteiger partial charge in [-0.05, 0) is 37.4 Å². The maximum Gasteiger partial charge on any atom is 0.00315 e. The summed E-state index contributed by atoms with van der Waals surface area (Å²) in [6.07, 6.45) is 9.86. The van der Waals surface area contributed by atoms with E-state index >= 15 is 0 Å². The first-order chi connectivity index (χ1) is 4.06. The van der Waals surface area contributed by atoms with Crippen molar-refractivity contribution in [2.75, 3.05) is 29.9 Å². The van der Waals surface area contributed by atoms with E-state index in [4.69, 9.17) is 0 Å². The zero-order valence-electron chi connectivity index (χ0n) is 6.61. The molecule has 0 saturated heterocycles. The monoisotopic (exact) mass is 212 g/mol. The highest BCUT2D eigenvalue weighted by molar-refractivity contribution is 9.09. The summed E-state index contributed by atoms with van der Waals surface area (Å²) < 4.78 is 0. The number of halogens is 1. The molecule has 0 bridgehead atoms. The molecule has 0 spiro atoms. The van der Waals surface area contributed by atoms with Gasteiger partial charge in [0.05, 0.1) is 0 Å². The maximum atomic E-state index is 3.43. The Bertz CT molecular complexity index is 65.8. The average molecular weight is 213 g/mol. The van der Waals surface area contributed by atoms with Crippen LogP contribution in [0.3, 0.4) is 0 Å². The molecule has 0 rings (SSSR count). The average Bonchev–Trinajstić information content (AvgIpc) is 1.63. The van der Waals surface area contributed by atoms with Crippen LogP contribution in [0.4, 0.5) is 0 Å². The standard InChI is InChI=1S/C7H17BrS/c1-9(2,3)7-5-4-6-8/h4-7H2,1-3H3. The van der Waals surface area contributed by atoms with Crippen molar-refractivity contribution in [3.63, 3.8) is 0 Å². The summed E-state index contributed by atoms with van der Waals surface area (Å²) in [5.74, 6) is 1.43. The van der Waals surface area contributed by atoms with E-state index in [1.54, 1.807) is 0 Å². The molecule has 0 aromatic rings. The smallest absolute Gasteiger partial charge is 0.00315 e. The van der Waals surface area contributed by atoms with Crippen molar-refractivity contribution in [2.45, 2.75) is 12.8 Å². The maximum absolute atomic E-state index is 3.43. The van der Waals surface area contributed by atoms with Crippen LogP contribution in [0.5, 0.6) is 0 Å². The Morgan fingerprint density at radius 1 is 1.11 bits per heavy atom. The molecule has 9 heavy (non-hydrogen) atoms. The summed E-state index contributed by atoms with van der Waals surface area (Å²) in [7, 11) is -0.217. The summed E-state index contributed by atoms with van der Waals surface area (Å²) >= 11 is 3.43. The Kier molecular flexibility index (Phi) is 5.04. The van der Waals surface area contributed by atoms with Crippen LogP contribution in [0.15, 0.2) is 0 Å². The third kappa shape index (κ3) is 8.83. The number of hydrogen-bond acceptors (Lipinski definition) is 0. The van der Waals surface area contributed by atoms with Crippen LogP contribution in [0.25, 0.3) is 0 Å². The Hall–Kier alpha value is 0.830. The largest absolute Gasteiger partial charge is 0.250 e. The molecule has 0 aromatic heterocycles. The minimum absolute atomic E-state index is 0.217. The Labute approximate surface area is 68.9 Å². The van der Waals surface area contributed by atoms with Crippen molar-refractivity contribution < 1.29 is 0 Å². The van der Waals surface area contributed by atoms with Gasteiger partial charge in [0.2, 0.25) is 0 Å². The van der Waals surface area contributed by atoms with E-state index in [1.165, 1.54) is 23.9 Å². The van der Waals surface area contributed by atoms with Crippen LogP contribution in [0.2, 0.25) is 0 Å². The fourth-order valence-corrected chi connectivity index (χ4v) is 2.10. The van der Waals surface area contributed by atoms with Gasteiger partial charge in [-0.3, -0.25) is 0 Å². The Balaban J connectivity index is 3.07. The molecular formula is C7H17BrS. The SMILES string of the molecule is CS(C)(C)CCCCBr. The fourth-order valence-electron chi connectivity index (χ4n) is 0.630.